The van der Waals surface area contributed by atoms with E-state index in [0.717, 1.165) is 16.5 Å². The van der Waals surface area contributed by atoms with Gasteiger partial charge in [0.2, 0.25) is 12.3 Å². The lowest BCUT2D eigenvalue weighted by molar-refractivity contribution is -0.105. The summed E-state index contributed by atoms with van der Waals surface area (Å²) in [6, 6.07) is 7.43. The number of hydrogen-bond donors (Lipinski definition) is 2. The van der Waals surface area contributed by atoms with Crippen molar-refractivity contribution in [1.29, 1.82) is 0 Å². The number of nitrogens with one attached hydrogen (secondary N) is 2. The maximum Gasteiger partial charge on any atom is 0.221 e. The lowest BCUT2D eigenvalue weighted by Gasteiger charge is -2.05. The first-order valence-corrected chi connectivity index (χ1v) is 7.51. The van der Waals surface area contributed by atoms with Gasteiger partial charge in [0.15, 0.2) is 0 Å². The summed E-state index contributed by atoms with van der Waals surface area (Å²) in [7, 11) is 1.59. The van der Waals surface area contributed by atoms with E-state index in [-0.39, 0.29) is 0 Å². The molecule has 0 bridgehead atoms. The normalized spacial score (nSPS) is 12.2. The van der Waals surface area contributed by atoms with E-state index in [9.17, 15) is 4.79 Å². The van der Waals surface area contributed by atoms with E-state index in [1.54, 1.807) is 19.4 Å². The molecule has 0 aromatic carbocycles. The van der Waals surface area contributed by atoms with Crippen LogP contribution in [0.1, 0.15) is 19.3 Å². The lowest BCUT2D eigenvalue weighted by atomic mass is 10.1. The van der Waals surface area contributed by atoms with Gasteiger partial charge in [0, 0.05) is 28.9 Å². The first kappa shape index (κ1) is 15.0. The van der Waals surface area contributed by atoms with Crippen LogP contribution in [0.15, 0.2) is 36.7 Å². The number of anilines is 1. The van der Waals surface area contributed by atoms with Crippen molar-refractivity contribution >= 4 is 23.3 Å². The Morgan fingerprint density at radius 3 is 2.74 bits per heavy atom. The molecule has 6 heteroatoms. The molecule has 118 valence electrons. The smallest absolute Gasteiger partial charge is 0.221 e. The second kappa shape index (κ2) is 6.91. The number of rotatable bonds is 4. The summed E-state index contributed by atoms with van der Waals surface area (Å²) in [6.07, 6.45) is 8.63. The first-order valence-electron chi connectivity index (χ1n) is 7.51. The number of hydrogen-bond acceptors (Lipinski definition) is 4. The molecule has 3 heterocycles. The van der Waals surface area contributed by atoms with Crippen molar-refractivity contribution in [3.63, 3.8) is 0 Å². The molecule has 1 amide bonds. The van der Waals surface area contributed by atoms with Gasteiger partial charge in [0.25, 0.3) is 0 Å². The molecule has 23 heavy (non-hydrogen) atoms. The third kappa shape index (κ3) is 3.48. The Kier molecular flexibility index (Phi) is 4.52. The van der Waals surface area contributed by atoms with Crippen molar-refractivity contribution in [1.82, 2.24) is 15.0 Å². The minimum Gasteiger partial charge on any atom is -0.481 e. The highest BCUT2D eigenvalue weighted by Gasteiger charge is 2.12. The van der Waals surface area contributed by atoms with E-state index in [2.05, 4.69) is 20.3 Å². The molecule has 0 atom stereocenters. The third-order valence-electron chi connectivity index (χ3n) is 3.35. The SMILES string of the molecule is C1CC1.COc1ncccc1-c1c[nH]c2nc(NC=O)ccc12. The van der Waals surface area contributed by atoms with Crippen molar-refractivity contribution in [2.75, 3.05) is 12.4 Å². The third-order valence-corrected chi connectivity index (χ3v) is 3.35. The molecule has 0 unspecified atom stereocenters. The molecule has 1 saturated carbocycles. The molecule has 1 aliphatic rings. The molecule has 2 N–H and O–H groups in total. The summed E-state index contributed by atoms with van der Waals surface area (Å²) in [5.74, 6) is 1.06. The molecule has 0 aliphatic heterocycles. The number of H-pyrrole nitrogens is 1. The monoisotopic (exact) mass is 310 g/mol. The zero-order valence-corrected chi connectivity index (χ0v) is 12.9. The number of pyridine rings is 2. The highest BCUT2D eigenvalue weighted by atomic mass is 16.5. The van der Waals surface area contributed by atoms with E-state index in [4.69, 9.17) is 4.74 Å². The number of amides is 1. The summed E-state index contributed by atoms with van der Waals surface area (Å²) in [5.41, 5.74) is 2.53. The highest BCUT2D eigenvalue weighted by Crippen LogP contribution is 2.33. The van der Waals surface area contributed by atoms with Gasteiger partial charge in [-0.1, -0.05) is 19.3 Å². The number of nitrogens with zero attached hydrogens (tertiary/aromatic N) is 2. The average Bonchev–Trinajstić information content (AvgIpc) is 3.42. The van der Waals surface area contributed by atoms with Gasteiger partial charge in [-0.15, -0.1) is 0 Å². The number of fused-ring (bicyclic) bond motifs is 1. The summed E-state index contributed by atoms with van der Waals surface area (Å²) >= 11 is 0. The Balaban J connectivity index is 0.000000468. The van der Waals surface area contributed by atoms with Crippen LogP contribution in [0.2, 0.25) is 0 Å². The number of aromatic amines is 1. The number of carbonyl (C=O) groups is 1. The minimum absolute atomic E-state index is 0.499. The largest absolute Gasteiger partial charge is 0.481 e. The van der Waals surface area contributed by atoms with E-state index < -0.39 is 0 Å². The molecular formula is C17H18N4O2. The average molecular weight is 310 g/mol. The molecule has 1 aliphatic carbocycles. The Morgan fingerprint density at radius 1 is 1.22 bits per heavy atom. The molecule has 4 rings (SSSR count). The summed E-state index contributed by atoms with van der Waals surface area (Å²) in [4.78, 5) is 22.0. The Hall–Kier alpha value is -2.89. The van der Waals surface area contributed by atoms with Crippen molar-refractivity contribution in [2.45, 2.75) is 19.3 Å². The van der Waals surface area contributed by atoms with Gasteiger partial charge in [-0.05, 0) is 24.3 Å². The molecule has 0 radical (unpaired) electrons. The topological polar surface area (TPSA) is 79.9 Å². The minimum atomic E-state index is 0.499. The van der Waals surface area contributed by atoms with Crippen LogP contribution < -0.4 is 10.1 Å². The van der Waals surface area contributed by atoms with Gasteiger partial charge in [0.1, 0.15) is 11.5 Å². The van der Waals surface area contributed by atoms with Crippen LogP contribution in [0, 0.1) is 0 Å². The van der Waals surface area contributed by atoms with Gasteiger partial charge in [-0.25, -0.2) is 9.97 Å². The summed E-state index contributed by atoms with van der Waals surface area (Å²) < 4.78 is 5.28. The number of aromatic nitrogens is 3. The fourth-order valence-corrected chi connectivity index (χ4v) is 2.13. The Labute approximate surface area is 133 Å². The van der Waals surface area contributed by atoms with Crippen molar-refractivity contribution in [3.05, 3.63) is 36.7 Å². The van der Waals surface area contributed by atoms with Crippen LogP contribution in [-0.2, 0) is 4.79 Å². The number of ether oxygens (including phenoxy) is 1. The molecule has 0 saturated heterocycles. The molecule has 1 fully saturated rings. The van der Waals surface area contributed by atoms with Gasteiger partial charge in [0.05, 0.1) is 7.11 Å². The maximum atomic E-state index is 10.4. The van der Waals surface area contributed by atoms with Crippen molar-refractivity contribution < 1.29 is 9.53 Å². The van der Waals surface area contributed by atoms with Gasteiger partial charge >= 0.3 is 0 Å². The fraction of sp³-hybridized carbons (Fsp3) is 0.235. The van der Waals surface area contributed by atoms with Crippen LogP contribution >= 0.6 is 0 Å². The Morgan fingerprint density at radius 2 is 2.04 bits per heavy atom. The van der Waals surface area contributed by atoms with Crippen LogP contribution in [0.5, 0.6) is 5.88 Å². The van der Waals surface area contributed by atoms with Crippen LogP contribution in [0.25, 0.3) is 22.2 Å². The number of carbonyl (C=O) groups excluding carboxylic acids is 1. The van der Waals surface area contributed by atoms with Crippen LogP contribution in [-0.4, -0.2) is 28.5 Å². The quantitative estimate of drug-likeness (QED) is 0.724. The van der Waals surface area contributed by atoms with Gasteiger partial charge in [-0.2, -0.15) is 0 Å². The summed E-state index contributed by atoms with van der Waals surface area (Å²) in [6.45, 7) is 0. The standard InChI is InChI=1S/C14H12N4O2.C3H6/c1-20-14-10(3-2-6-15-14)11-7-16-13-9(11)4-5-12(18-13)17-8-19;1-2-3-1/h2-8H,1H3,(H2,16,17,18,19);1-3H2. The lowest BCUT2D eigenvalue weighted by Crippen LogP contribution is -1.96. The maximum absolute atomic E-state index is 10.4. The molecule has 0 spiro atoms. The molecule has 3 aromatic heterocycles. The fourth-order valence-electron chi connectivity index (χ4n) is 2.13. The molecule has 3 aromatic rings. The van der Waals surface area contributed by atoms with E-state index in [1.807, 2.05) is 24.4 Å². The molecule has 6 nitrogen and oxygen atoms in total. The van der Waals surface area contributed by atoms with E-state index >= 15 is 0 Å². The van der Waals surface area contributed by atoms with Crippen LogP contribution in [0.3, 0.4) is 0 Å². The van der Waals surface area contributed by atoms with Crippen molar-refractivity contribution in [2.24, 2.45) is 0 Å². The first-order chi connectivity index (χ1) is 11.3. The second-order valence-electron chi connectivity index (χ2n) is 5.18. The van der Waals surface area contributed by atoms with E-state index in [1.165, 1.54) is 19.3 Å². The zero-order valence-electron chi connectivity index (χ0n) is 12.9. The predicted molar refractivity (Wildman–Crippen MR) is 89.4 cm³/mol. The molecular weight excluding hydrogens is 292 g/mol. The van der Waals surface area contributed by atoms with Gasteiger partial charge in [-0.3, -0.25) is 4.79 Å². The second-order valence-corrected chi connectivity index (χ2v) is 5.18. The number of methoxy groups -OCH3 is 1. The summed E-state index contributed by atoms with van der Waals surface area (Å²) in [5, 5.41) is 3.46. The Bertz CT molecular complexity index is 808. The van der Waals surface area contributed by atoms with E-state index in [0.29, 0.717) is 23.8 Å². The highest BCUT2D eigenvalue weighted by molar-refractivity contribution is 5.95. The van der Waals surface area contributed by atoms with Crippen LogP contribution in [0.4, 0.5) is 5.82 Å². The zero-order chi connectivity index (χ0) is 16.1. The predicted octanol–water partition coefficient (Wildman–Crippen LogP) is 3.37. The van der Waals surface area contributed by atoms with Crippen molar-refractivity contribution in [3.8, 4) is 17.0 Å². The van der Waals surface area contributed by atoms with Gasteiger partial charge < -0.3 is 15.0 Å².